The highest BCUT2D eigenvalue weighted by Crippen LogP contribution is 2.46. The van der Waals surface area contributed by atoms with E-state index in [0.717, 1.165) is 82.9 Å². The first-order valence-electron chi connectivity index (χ1n) is 18.7. The van der Waals surface area contributed by atoms with E-state index < -0.39 is 0 Å². The Kier molecular flexibility index (Phi) is 11.8. The van der Waals surface area contributed by atoms with Gasteiger partial charge in [0, 0.05) is 37.3 Å². The number of hydrogen-bond acceptors (Lipinski definition) is 8. The van der Waals surface area contributed by atoms with Gasteiger partial charge in [-0.25, -0.2) is 0 Å². The van der Waals surface area contributed by atoms with Crippen LogP contribution in [-0.2, 0) is 30.5 Å². The summed E-state index contributed by atoms with van der Waals surface area (Å²) >= 11 is 0. The van der Waals surface area contributed by atoms with E-state index in [1.54, 1.807) is 24.3 Å². The number of unbranched alkanes of at least 4 members (excludes halogenated alkanes) is 2. The van der Waals surface area contributed by atoms with E-state index >= 15 is 0 Å². The average Bonchev–Trinajstić information content (AvgIpc) is 3.13. The maximum absolute atomic E-state index is 11.3. The van der Waals surface area contributed by atoms with Gasteiger partial charge in [0.05, 0.1) is 11.0 Å². The van der Waals surface area contributed by atoms with Crippen molar-refractivity contribution in [3.8, 4) is 28.7 Å². The molecule has 8 nitrogen and oxygen atoms in total. The second-order valence-corrected chi connectivity index (χ2v) is 14.5. The second kappa shape index (κ2) is 16.4. The van der Waals surface area contributed by atoms with E-state index in [0.29, 0.717) is 41.0 Å². The first-order chi connectivity index (χ1) is 24.7. The van der Waals surface area contributed by atoms with Gasteiger partial charge in [0.15, 0.2) is 23.0 Å². The number of nitrogens with one attached hydrogen (secondary N) is 1. The van der Waals surface area contributed by atoms with Crippen molar-refractivity contribution >= 4 is 22.9 Å². The molecule has 3 atom stereocenters. The molecule has 0 bridgehead atoms. The maximum atomic E-state index is 11.3. The standard InChI is InChI=1S/C43H53NO7/c1-2-3-4-8-30-23-28(12-16-31(30)26-44-33-20-22-51-43(25-33)21-6-5-9-32(43)27-45)14-18-36-34(17-13-29-15-19-37(46)39(48)24-29)35-10-7-11-38(47)40(35)42(50)41(36)49/h7,10-13,15-17,19,23-24,32-33,44-50H,2-6,8-9,14,18,20-22,25-27H2,1H3. The van der Waals surface area contributed by atoms with Crippen LogP contribution in [0.1, 0.15) is 98.1 Å². The number of benzene rings is 4. The Morgan fingerprint density at radius 3 is 2.49 bits per heavy atom. The predicted octanol–water partition coefficient (Wildman–Crippen LogP) is 8.25. The number of hydrogen-bond donors (Lipinski definition) is 7. The van der Waals surface area contributed by atoms with Crippen LogP contribution < -0.4 is 5.32 Å². The molecule has 2 aliphatic rings. The van der Waals surface area contributed by atoms with Crippen LogP contribution in [0.4, 0.5) is 0 Å². The topological polar surface area (TPSA) is 143 Å². The third kappa shape index (κ3) is 8.14. The van der Waals surface area contributed by atoms with Gasteiger partial charge in [-0.3, -0.25) is 0 Å². The Morgan fingerprint density at radius 2 is 1.69 bits per heavy atom. The van der Waals surface area contributed by atoms with E-state index in [4.69, 9.17) is 4.74 Å². The van der Waals surface area contributed by atoms with Crippen LogP contribution in [0.15, 0.2) is 54.6 Å². The number of fused-ring (bicyclic) bond motifs is 1. The lowest BCUT2D eigenvalue weighted by atomic mass is 9.71. The summed E-state index contributed by atoms with van der Waals surface area (Å²) < 4.78 is 6.39. The summed E-state index contributed by atoms with van der Waals surface area (Å²) in [6.45, 7) is 3.90. The molecule has 4 aromatic rings. The number of aryl methyl sites for hydroxylation is 2. The second-order valence-electron chi connectivity index (χ2n) is 14.5. The highest BCUT2D eigenvalue weighted by atomic mass is 16.5. The molecule has 2 fully saturated rings. The Labute approximate surface area is 301 Å². The van der Waals surface area contributed by atoms with Crippen molar-refractivity contribution in [2.24, 2.45) is 5.92 Å². The third-order valence-corrected chi connectivity index (χ3v) is 11.2. The van der Waals surface area contributed by atoms with E-state index in [1.165, 1.54) is 29.3 Å². The van der Waals surface area contributed by atoms with Gasteiger partial charge in [-0.1, -0.05) is 81.2 Å². The molecule has 272 valence electrons. The van der Waals surface area contributed by atoms with Crippen LogP contribution in [0, 0.1) is 5.92 Å². The molecule has 1 saturated carbocycles. The fourth-order valence-electron chi connectivity index (χ4n) is 8.32. The van der Waals surface area contributed by atoms with E-state index in [1.807, 2.05) is 6.08 Å². The maximum Gasteiger partial charge on any atom is 0.169 e. The summed E-state index contributed by atoms with van der Waals surface area (Å²) in [7, 11) is 0. The SMILES string of the molecule is CCCCCc1cc(CCc2c(O)c(O)c3c(O)cccc3c2C=Cc2ccc(O)c(O)c2)ccc1CNC1CCOC2(CCCCC2CO)C1. The van der Waals surface area contributed by atoms with Crippen LogP contribution >= 0.6 is 0 Å². The first kappa shape index (κ1) is 36.5. The highest BCUT2D eigenvalue weighted by Gasteiger charge is 2.45. The number of aliphatic hydroxyl groups is 1. The summed E-state index contributed by atoms with van der Waals surface area (Å²) in [6, 6.07) is 16.5. The molecule has 6 rings (SSSR count). The van der Waals surface area contributed by atoms with Gasteiger partial charge in [0.25, 0.3) is 0 Å². The summed E-state index contributed by atoms with van der Waals surface area (Å²) in [4.78, 5) is 0. The quantitative estimate of drug-likeness (QED) is 0.0421. The van der Waals surface area contributed by atoms with Crippen molar-refractivity contribution in [2.75, 3.05) is 13.2 Å². The number of ether oxygens (including phenoxy) is 1. The van der Waals surface area contributed by atoms with Crippen LogP contribution in [0.2, 0.25) is 0 Å². The molecule has 4 aromatic carbocycles. The number of aliphatic hydroxyl groups excluding tert-OH is 1. The summed E-state index contributed by atoms with van der Waals surface area (Å²) in [5.74, 6) is -0.990. The Bertz CT molecular complexity index is 1850. The molecule has 51 heavy (non-hydrogen) atoms. The van der Waals surface area contributed by atoms with Crippen LogP contribution in [0.25, 0.3) is 22.9 Å². The first-order valence-corrected chi connectivity index (χ1v) is 18.7. The zero-order chi connectivity index (χ0) is 36.0. The number of rotatable bonds is 13. The predicted molar refractivity (Wildman–Crippen MR) is 202 cm³/mol. The molecule has 1 aliphatic heterocycles. The van der Waals surface area contributed by atoms with Gasteiger partial charge in [-0.15, -0.1) is 0 Å². The van der Waals surface area contributed by atoms with Crippen molar-refractivity contribution in [1.82, 2.24) is 5.32 Å². The molecular weight excluding hydrogens is 642 g/mol. The zero-order valence-electron chi connectivity index (χ0n) is 29.7. The minimum absolute atomic E-state index is 0.132. The van der Waals surface area contributed by atoms with Gasteiger partial charge >= 0.3 is 0 Å². The molecule has 1 heterocycles. The fourth-order valence-corrected chi connectivity index (χ4v) is 8.32. The van der Waals surface area contributed by atoms with E-state index in [9.17, 15) is 30.6 Å². The number of aromatic hydroxyl groups is 5. The summed E-state index contributed by atoms with van der Waals surface area (Å²) in [5.41, 5.74) is 5.39. The molecule has 1 spiro atoms. The lowest BCUT2D eigenvalue weighted by Crippen LogP contribution is -2.53. The lowest BCUT2D eigenvalue weighted by Gasteiger charge is -2.48. The summed E-state index contributed by atoms with van der Waals surface area (Å²) in [6.07, 6.45) is 15.3. The zero-order valence-corrected chi connectivity index (χ0v) is 29.7. The monoisotopic (exact) mass is 695 g/mol. The molecule has 0 radical (unpaired) electrons. The fraction of sp³-hybridized carbons (Fsp3) is 0.442. The largest absolute Gasteiger partial charge is 0.507 e. The molecule has 8 heteroatoms. The van der Waals surface area contributed by atoms with Gasteiger partial charge in [0.1, 0.15) is 5.75 Å². The Balaban J connectivity index is 1.24. The molecule has 1 aliphatic carbocycles. The van der Waals surface area contributed by atoms with Gasteiger partial charge in [0.2, 0.25) is 0 Å². The minimum Gasteiger partial charge on any atom is -0.507 e. The Hall–Kier alpha value is -4.24. The van der Waals surface area contributed by atoms with Crippen molar-refractivity contribution in [1.29, 1.82) is 0 Å². The summed E-state index contributed by atoms with van der Waals surface area (Å²) in [5, 5.41) is 67.5. The number of phenols is 5. The molecule has 0 amide bonds. The molecule has 1 saturated heterocycles. The van der Waals surface area contributed by atoms with Crippen molar-refractivity contribution in [3.05, 3.63) is 88.0 Å². The van der Waals surface area contributed by atoms with Gasteiger partial charge in [-0.2, -0.15) is 0 Å². The van der Waals surface area contributed by atoms with Crippen molar-refractivity contribution in [3.63, 3.8) is 0 Å². The van der Waals surface area contributed by atoms with Crippen LogP contribution in [-0.4, -0.2) is 55.5 Å². The average molecular weight is 696 g/mol. The van der Waals surface area contributed by atoms with Crippen molar-refractivity contribution in [2.45, 2.75) is 102 Å². The smallest absolute Gasteiger partial charge is 0.169 e. The van der Waals surface area contributed by atoms with Crippen LogP contribution in [0.5, 0.6) is 28.7 Å². The molecule has 3 unspecified atom stereocenters. The number of phenolic OH excluding ortho intramolecular Hbond substituents is 5. The van der Waals surface area contributed by atoms with E-state index in [-0.39, 0.29) is 52.3 Å². The third-order valence-electron chi connectivity index (χ3n) is 11.2. The van der Waals surface area contributed by atoms with Crippen molar-refractivity contribution < 1.29 is 35.4 Å². The van der Waals surface area contributed by atoms with Gasteiger partial charge < -0.3 is 40.7 Å². The normalized spacial score (nSPS) is 20.8. The van der Waals surface area contributed by atoms with Gasteiger partial charge in [-0.05, 0) is 103 Å². The molecule has 0 aromatic heterocycles. The highest BCUT2D eigenvalue weighted by molar-refractivity contribution is 6.03. The molecular formula is C43H53NO7. The molecule has 7 N–H and O–H groups in total. The lowest BCUT2D eigenvalue weighted by molar-refractivity contribution is -0.152. The van der Waals surface area contributed by atoms with E-state index in [2.05, 4.69) is 30.4 Å². The van der Waals surface area contributed by atoms with Crippen LogP contribution in [0.3, 0.4) is 0 Å². The Morgan fingerprint density at radius 1 is 0.824 bits per heavy atom. The minimum atomic E-state index is -0.354.